The number of nitrogens with zero attached hydrogens (tertiary/aromatic N) is 3. The van der Waals surface area contributed by atoms with Gasteiger partial charge in [-0.15, -0.1) is 0 Å². The summed E-state index contributed by atoms with van der Waals surface area (Å²) < 4.78 is 8.73. The van der Waals surface area contributed by atoms with Crippen molar-refractivity contribution in [2.75, 3.05) is 13.7 Å². The van der Waals surface area contributed by atoms with Crippen molar-refractivity contribution in [1.29, 1.82) is 0 Å². The van der Waals surface area contributed by atoms with E-state index in [1.807, 2.05) is 0 Å². The minimum Gasteiger partial charge on any atom is -0.378 e. The highest BCUT2D eigenvalue weighted by Crippen LogP contribution is 2.55. The summed E-state index contributed by atoms with van der Waals surface area (Å²) in [6.07, 6.45) is 9.39. The fourth-order valence-corrected chi connectivity index (χ4v) is 5.02. The second-order valence-electron chi connectivity index (χ2n) is 7.82. The van der Waals surface area contributed by atoms with Crippen LogP contribution in [0.1, 0.15) is 51.0 Å². The average molecular weight is 349 g/mol. The van der Waals surface area contributed by atoms with Crippen LogP contribution in [0.4, 0.5) is 0 Å². The van der Waals surface area contributed by atoms with Gasteiger partial charge in [0.2, 0.25) is 0 Å². The Balaban J connectivity index is 1.81. The summed E-state index contributed by atoms with van der Waals surface area (Å²) in [5.74, 6) is 0. The largest absolute Gasteiger partial charge is 0.378 e. The number of rotatable bonds is 5. The van der Waals surface area contributed by atoms with Crippen molar-refractivity contribution >= 4 is 0 Å². The molecule has 0 aromatic carbocycles. The minimum absolute atomic E-state index is 0.187. The van der Waals surface area contributed by atoms with Crippen molar-refractivity contribution in [1.82, 2.24) is 14.0 Å². The molecule has 1 heterocycles. The summed E-state index contributed by atoms with van der Waals surface area (Å²) in [6, 6.07) is 0.450. The number of ether oxygens (including phenoxy) is 1. The van der Waals surface area contributed by atoms with Crippen LogP contribution in [-0.2, 0) is 25.4 Å². The molecule has 1 aromatic heterocycles. The van der Waals surface area contributed by atoms with Gasteiger partial charge in [0.1, 0.15) is 0 Å². The second-order valence-corrected chi connectivity index (χ2v) is 7.82. The second kappa shape index (κ2) is 7.08. The van der Waals surface area contributed by atoms with E-state index in [1.165, 1.54) is 41.2 Å². The van der Waals surface area contributed by atoms with Crippen molar-refractivity contribution < 1.29 is 4.74 Å². The molecule has 2 aliphatic rings. The molecule has 0 unspecified atom stereocenters. The van der Waals surface area contributed by atoms with Crippen LogP contribution in [0.15, 0.2) is 15.8 Å². The Bertz CT molecular complexity index is 730. The van der Waals surface area contributed by atoms with E-state index in [2.05, 4.69) is 18.9 Å². The van der Waals surface area contributed by atoms with Gasteiger partial charge in [0.15, 0.2) is 0 Å². The highest BCUT2D eigenvalue weighted by molar-refractivity contribution is 5.12. The summed E-state index contributed by atoms with van der Waals surface area (Å²) in [4.78, 5) is 26.6. The van der Waals surface area contributed by atoms with Crippen LogP contribution in [-0.4, -0.2) is 39.8 Å². The highest BCUT2D eigenvalue weighted by atomic mass is 16.5. The Morgan fingerprint density at radius 1 is 1.24 bits per heavy atom. The molecule has 0 aliphatic heterocycles. The van der Waals surface area contributed by atoms with Gasteiger partial charge in [-0.25, -0.2) is 4.79 Å². The average Bonchev–Trinajstić information content (AvgIpc) is 2.61. The van der Waals surface area contributed by atoms with E-state index in [-0.39, 0.29) is 16.7 Å². The van der Waals surface area contributed by atoms with Gasteiger partial charge in [0, 0.05) is 50.5 Å². The quantitative estimate of drug-likeness (QED) is 0.811. The zero-order valence-electron chi connectivity index (χ0n) is 16.0. The van der Waals surface area contributed by atoms with Crippen molar-refractivity contribution in [3.05, 3.63) is 32.6 Å². The molecule has 0 amide bonds. The smallest absolute Gasteiger partial charge is 0.330 e. The lowest BCUT2D eigenvalue weighted by molar-refractivity contribution is -0.180. The lowest BCUT2D eigenvalue weighted by atomic mass is 9.54. The van der Waals surface area contributed by atoms with Crippen LogP contribution in [0.25, 0.3) is 0 Å². The molecule has 0 radical (unpaired) electrons. The maximum absolute atomic E-state index is 12.4. The molecule has 6 nitrogen and oxygen atoms in total. The predicted molar refractivity (Wildman–Crippen MR) is 97.7 cm³/mol. The number of aryl methyl sites for hydroxylation is 1. The van der Waals surface area contributed by atoms with Gasteiger partial charge in [-0.3, -0.25) is 14.3 Å². The standard InChI is InChI=1S/C19H31N3O3/c1-5-25-16-11-15(19(16)9-7-6-8-10-19)20(2)12-14-13-21(3)18(24)22(4)17(14)23/h13,15-16H,5-12H2,1-4H3/t15-,16-/m1/s1. The van der Waals surface area contributed by atoms with Crippen LogP contribution >= 0.6 is 0 Å². The minimum atomic E-state index is -0.278. The molecule has 3 rings (SSSR count). The van der Waals surface area contributed by atoms with Crippen molar-refractivity contribution in [2.45, 2.75) is 64.1 Å². The molecule has 2 fully saturated rings. The highest BCUT2D eigenvalue weighted by Gasteiger charge is 2.56. The molecule has 2 atom stereocenters. The molecule has 2 saturated carbocycles. The van der Waals surface area contributed by atoms with Crippen LogP contribution in [0.3, 0.4) is 0 Å². The first-order valence-corrected chi connectivity index (χ1v) is 9.48. The lowest BCUT2D eigenvalue weighted by Crippen LogP contribution is -2.64. The van der Waals surface area contributed by atoms with E-state index >= 15 is 0 Å². The number of hydrogen-bond donors (Lipinski definition) is 0. The van der Waals surface area contributed by atoms with Crippen molar-refractivity contribution in [2.24, 2.45) is 19.5 Å². The Morgan fingerprint density at radius 3 is 2.56 bits per heavy atom. The maximum atomic E-state index is 12.4. The van der Waals surface area contributed by atoms with E-state index in [0.717, 1.165) is 13.0 Å². The molecular weight excluding hydrogens is 318 g/mol. The van der Waals surface area contributed by atoms with E-state index in [9.17, 15) is 9.59 Å². The lowest BCUT2D eigenvalue weighted by Gasteiger charge is -2.60. The molecule has 0 bridgehead atoms. The Kier molecular flexibility index (Phi) is 5.21. The van der Waals surface area contributed by atoms with Gasteiger partial charge in [-0.05, 0) is 33.2 Å². The maximum Gasteiger partial charge on any atom is 0.330 e. The van der Waals surface area contributed by atoms with Gasteiger partial charge in [0.05, 0.1) is 6.10 Å². The Hall–Kier alpha value is -1.40. The van der Waals surface area contributed by atoms with E-state index in [4.69, 9.17) is 4.74 Å². The topological polar surface area (TPSA) is 56.5 Å². The predicted octanol–water partition coefficient (Wildman–Crippen LogP) is 1.64. The molecule has 6 heteroatoms. The molecule has 0 saturated heterocycles. The van der Waals surface area contributed by atoms with Crippen LogP contribution in [0.5, 0.6) is 0 Å². The van der Waals surface area contributed by atoms with Gasteiger partial charge < -0.3 is 9.30 Å². The Labute approximate surface area is 149 Å². The summed E-state index contributed by atoms with van der Waals surface area (Å²) in [5, 5.41) is 0. The summed E-state index contributed by atoms with van der Waals surface area (Å²) >= 11 is 0. The monoisotopic (exact) mass is 349 g/mol. The molecule has 25 heavy (non-hydrogen) atoms. The first-order valence-electron chi connectivity index (χ1n) is 9.48. The zero-order chi connectivity index (χ0) is 18.2. The fraction of sp³-hybridized carbons (Fsp3) is 0.789. The summed E-state index contributed by atoms with van der Waals surface area (Å²) in [5.41, 5.74) is 0.459. The molecule has 2 aliphatic carbocycles. The zero-order valence-corrected chi connectivity index (χ0v) is 16.0. The third-order valence-electron chi connectivity index (χ3n) is 6.36. The van der Waals surface area contributed by atoms with Crippen LogP contribution in [0, 0.1) is 5.41 Å². The molecule has 1 aromatic rings. The van der Waals surface area contributed by atoms with Crippen molar-refractivity contribution in [3.8, 4) is 0 Å². The SMILES string of the molecule is CCO[C@@H]1C[C@@H](N(C)Cc2cn(C)c(=O)n(C)c2=O)C12CCCCC2. The number of hydrogen-bond acceptors (Lipinski definition) is 4. The summed E-state index contributed by atoms with van der Waals surface area (Å²) in [7, 11) is 5.35. The molecule has 0 N–H and O–H groups in total. The Morgan fingerprint density at radius 2 is 1.92 bits per heavy atom. The van der Waals surface area contributed by atoms with Gasteiger partial charge in [-0.2, -0.15) is 0 Å². The summed E-state index contributed by atoms with van der Waals surface area (Å²) in [6.45, 7) is 3.41. The first kappa shape index (κ1) is 18.4. The number of aromatic nitrogens is 2. The third-order valence-corrected chi connectivity index (χ3v) is 6.36. The van der Waals surface area contributed by atoms with E-state index < -0.39 is 0 Å². The van der Waals surface area contributed by atoms with E-state index in [0.29, 0.717) is 24.3 Å². The molecule has 140 valence electrons. The van der Waals surface area contributed by atoms with Gasteiger partial charge in [-0.1, -0.05) is 19.3 Å². The van der Waals surface area contributed by atoms with E-state index in [1.54, 1.807) is 20.3 Å². The third kappa shape index (κ3) is 3.10. The van der Waals surface area contributed by atoms with Crippen LogP contribution < -0.4 is 11.2 Å². The first-order chi connectivity index (χ1) is 11.9. The van der Waals surface area contributed by atoms with Gasteiger partial charge in [0.25, 0.3) is 5.56 Å². The molecule has 1 spiro atoms. The van der Waals surface area contributed by atoms with Gasteiger partial charge >= 0.3 is 5.69 Å². The van der Waals surface area contributed by atoms with Crippen LogP contribution in [0.2, 0.25) is 0 Å². The fourth-order valence-electron chi connectivity index (χ4n) is 5.02. The molecular formula is C19H31N3O3. The van der Waals surface area contributed by atoms with Crippen molar-refractivity contribution in [3.63, 3.8) is 0 Å². The normalized spacial score (nSPS) is 25.3.